The Balaban J connectivity index is 2.20. The predicted molar refractivity (Wildman–Crippen MR) is 70.7 cm³/mol. The first-order valence-electron chi connectivity index (χ1n) is 5.76. The lowest BCUT2D eigenvalue weighted by Gasteiger charge is -2.01. The molecule has 2 aromatic rings. The van der Waals surface area contributed by atoms with Crippen molar-refractivity contribution in [2.75, 3.05) is 0 Å². The Labute approximate surface area is 105 Å². The zero-order chi connectivity index (χ0) is 12.3. The Morgan fingerprint density at radius 3 is 2.53 bits per heavy atom. The molecule has 2 rings (SSSR count). The van der Waals surface area contributed by atoms with E-state index in [1.54, 1.807) is 6.20 Å². The summed E-state index contributed by atoms with van der Waals surface area (Å²) in [6.07, 6.45) is 3.84. The normalized spacial score (nSPS) is 10.5. The highest BCUT2D eigenvalue weighted by molar-refractivity contribution is 7.13. The van der Waals surface area contributed by atoms with Crippen LogP contribution in [0.3, 0.4) is 0 Å². The fraction of sp³-hybridized carbons (Fsp3) is 0.286. The number of carbonyl (C=O) groups is 1. The summed E-state index contributed by atoms with van der Waals surface area (Å²) in [6.45, 7) is 4.06. The van der Waals surface area contributed by atoms with Crippen LogP contribution in [0.1, 0.15) is 39.2 Å². The summed E-state index contributed by atoms with van der Waals surface area (Å²) in [5, 5.41) is 0.927. The molecule has 3 heteroatoms. The molecule has 0 unspecified atom stereocenters. The van der Waals surface area contributed by atoms with Gasteiger partial charge in [0.15, 0.2) is 0 Å². The van der Waals surface area contributed by atoms with Crippen LogP contribution in [-0.2, 0) is 6.42 Å². The van der Waals surface area contributed by atoms with Gasteiger partial charge in [-0.15, -0.1) is 11.3 Å². The Kier molecular flexibility index (Phi) is 3.69. The van der Waals surface area contributed by atoms with Crippen molar-refractivity contribution in [2.24, 2.45) is 0 Å². The van der Waals surface area contributed by atoms with Crippen LogP contribution in [0.15, 0.2) is 30.5 Å². The first kappa shape index (κ1) is 12.0. The lowest BCUT2D eigenvalue weighted by Crippen LogP contribution is -1.98. The predicted octanol–water partition coefficient (Wildman–Crippen LogP) is 3.64. The maximum atomic E-state index is 12.1. The number of aromatic nitrogens is 1. The number of ketones is 1. The highest BCUT2D eigenvalue weighted by Crippen LogP contribution is 2.17. The Morgan fingerprint density at radius 2 is 2.00 bits per heavy atom. The van der Waals surface area contributed by atoms with Crippen molar-refractivity contribution >= 4 is 17.1 Å². The molecule has 1 heterocycles. The second-order valence-electron chi connectivity index (χ2n) is 4.02. The molecule has 0 amide bonds. The van der Waals surface area contributed by atoms with Gasteiger partial charge >= 0.3 is 0 Å². The van der Waals surface area contributed by atoms with E-state index in [-0.39, 0.29) is 5.78 Å². The number of nitrogens with zero attached hydrogens (tertiary/aromatic N) is 1. The van der Waals surface area contributed by atoms with Crippen molar-refractivity contribution in [2.45, 2.75) is 26.7 Å². The average molecular weight is 245 g/mol. The third-order valence-electron chi connectivity index (χ3n) is 2.60. The lowest BCUT2D eigenvalue weighted by atomic mass is 10.1. The zero-order valence-corrected chi connectivity index (χ0v) is 10.9. The fourth-order valence-electron chi connectivity index (χ4n) is 1.72. The summed E-state index contributed by atoms with van der Waals surface area (Å²) in [7, 11) is 0. The van der Waals surface area contributed by atoms with Gasteiger partial charge in [0.1, 0.15) is 0 Å². The monoisotopic (exact) mass is 245 g/mol. The van der Waals surface area contributed by atoms with Crippen LogP contribution in [-0.4, -0.2) is 10.8 Å². The maximum absolute atomic E-state index is 12.1. The first-order chi connectivity index (χ1) is 8.20. The van der Waals surface area contributed by atoms with Gasteiger partial charge in [-0.25, -0.2) is 4.98 Å². The van der Waals surface area contributed by atoms with Crippen LogP contribution in [0.2, 0.25) is 0 Å². The van der Waals surface area contributed by atoms with Crippen LogP contribution in [0, 0.1) is 6.92 Å². The number of hydrogen-bond donors (Lipinski definition) is 0. The van der Waals surface area contributed by atoms with Gasteiger partial charge in [0.2, 0.25) is 5.78 Å². The average Bonchev–Trinajstić information content (AvgIpc) is 2.76. The number of aryl methyl sites for hydroxylation is 2. The molecule has 0 spiro atoms. The lowest BCUT2D eigenvalue weighted by molar-refractivity contribution is 0.104. The van der Waals surface area contributed by atoms with Gasteiger partial charge in [-0.1, -0.05) is 37.6 Å². The van der Waals surface area contributed by atoms with Gasteiger partial charge in [-0.3, -0.25) is 4.79 Å². The highest BCUT2D eigenvalue weighted by atomic mass is 32.1. The Morgan fingerprint density at radius 1 is 1.29 bits per heavy atom. The van der Waals surface area contributed by atoms with Gasteiger partial charge in [-0.05, 0) is 18.9 Å². The van der Waals surface area contributed by atoms with E-state index in [1.807, 2.05) is 31.2 Å². The second-order valence-corrected chi connectivity index (χ2v) is 5.25. The molecule has 0 atom stereocenters. The molecule has 0 radical (unpaired) electrons. The maximum Gasteiger partial charge on any atom is 0.204 e. The zero-order valence-electron chi connectivity index (χ0n) is 10.1. The molecule has 0 N–H and O–H groups in total. The molecule has 1 aromatic carbocycles. The molecule has 17 heavy (non-hydrogen) atoms. The van der Waals surface area contributed by atoms with Crippen LogP contribution in [0.4, 0.5) is 0 Å². The molecule has 0 saturated heterocycles. The number of benzene rings is 1. The van der Waals surface area contributed by atoms with Crippen LogP contribution >= 0.6 is 11.3 Å². The molecule has 88 valence electrons. The summed E-state index contributed by atoms with van der Waals surface area (Å²) in [6, 6.07) is 7.88. The van der Waals surface area contributed by atoms with E-state index < -0.39 is 0 Å². The summed E-state index contributed by atoms with van der Waals surface area (Å²) in [5.74, 6) is 0.0682. The molecule has 0 bridgehead atoms. The summed E-state index contributed by atoms with van der Waals surface area (Å²) < 4.78 is 0. The quantitative estimate of drug-likeness (QED) is 0.770. The van der Waals surface area contributed by atoms with E-state index in [9.17, 15) is 4.79 Å². The van der Waals surface area contributed by atoms with Gasteiger partial charge < -0.3 is 0 Å². The van der Waals surface area contributed by atoms with Crippen molar-refractivity contribution in [1.82, 2.24) is 4.98 Å². The molecular weight excluding hydrogens is 230 g/mol. The third kappa shape index (κ3) is 2.80. The number of thiazole rings is 1. The van der Waals surface area contributed by atoms with Crippen LogP contribution in [0.5, 0.6) is 0 Å². The van der Waals surface area contributed by atoms with Crippen molar-refractivity contribution < 1.29 is 4.79 Å². The van der Waals surface area contributed by atoms with Crippen molar-refractivity contribution in [3.63, 3.8) is 0 Å². The topological polar surface area (TPSA) is 30.0 Å². The SMILES string of the molecule is CCCc1ccc(C(=O)c2cnc(C)s2)cc1. The standard InChI is InChI=1S/C14H15NOS/c1-3-4-11-5-7-12(8-6-11)14(16)13-9-15-10(2)17-13/h5-9H,3-4H2,1-2H3. The third-order valence-corrected chi connectivity index (χ3v) is 3.51. The van der Waals surface area contributed by atoms with Gasteiger partial charge in [0.05, 0.1) is 9.88 Å². The Bertz CT molecular complexity index is 513. The summed E-state index contributed by atoms with van der Waals surface area (Å²) in [4.78, 5) is 16.9. The molecule has 1 aromatic heterocycles. The van der Waals surface area contributed by atoms with Crippen LogP contribution < -0.4 is 0 Å². The first-order valence-corrected chi connectivity index (χ1v) is 6.58. The van der Waals surface area contributed by atoms with Gasteiger partial charge in [-0.2, -0.15) is 0 Å². The molecule has 0 fully saturated rings. The van der Waals surface area contributed by atoms with E-state index in [4.69, 9.17) is 0 Å². The van der Waals surface area contributed by atoms with Gasteiger partial charge in [0, 0.05) is 11.8 Å². The minimum absolute atomic E-state index is 0.0682. The fourth-order valence-corrected chi connectivity index (χ4v) is 2.46. The molecule has 0 aliphatic carbocycles. The van der Waals surface area contributed by atoms with E-state index in [0.717, 1.165) is 23.4 Å². The summed E-state index contributed by atoms with van der Waals surface area (Å²) >= 11 is 1.44. The van der Waals surface area contributed by atoms with E-state index in [2.05, 4.69) is 11.9 Å². The minimum Gasteiger partial charge on any atom is -0.288 e. The van der Waals surface area contributed by atoms with E-state index in [0.29, 0.717) is 4.88 Å². The van der Waals surface area contributed by atoms with Crippen molar-refractivity contribution in [3.8, 4) is 0 Å². The Hall–Kier alpha value is -1.48. The molecule has 2 nitrogen and oxygen atoms in total. The largest absolute Gasteiger partial charge is 0.288 e. The van der Waals surface area contributed by atoms with Crippen molar-refractivity contribution in [1.29, 1.82) is 0 Å². The minimum atomic E-state index is 0.0682. The van der Waals surface area contributed by atoms with Gasteiger partial charge in [0.25, 0.3) is 0 Å². The number of carbonyl (C=O) groups excluding carboxylic acids is 1. The molecule has 0 saturated carbocycles. The van der Waals surface area contributed by atoms with Crippen LogP contribution in [0.25, 0.3) is 0 Å². The number of hydrogen-bond acceptors (Lipinski definition) is 3. The second kappa shape index (κ2) is 5.23. The van der Waals surface area contributed by atoms with E-state index >= 15 is 0 Å². The number of rotatable bonds is 4. The van der Waals surface area contributed by atoms with E-state index in [1.165, 1.54) is 16.9 Å². The molecular formula is C14H15NOS. The summed E-state index contributed by atoms with van der Waals surface area (Å²) in [5.41, 5.74) is 2.03. The molecule has 0 aliphatic rings. The van der Waals surface area contributed by atoms with Crippen molar-refractivity contribution in [3.05, 3.63) is 51.5 Å². The highest BCUT2D eigenvalue weighted by Gasteiger charge is 2.11. The molecule has 0 aliphatic heterocycles. The smallest absolute Gasteiger partial charge is 0.204 e.